The van der Waals surface area contributed by atoms with E-state index in [1.165, 1.54) is 4.90 Å². The minimum atomic E-state index is -0.582. The molecule has 2 aliphatic rings. The van der Waals surface area contributed by atoms with Crippen molar-refractivity contribution in [3.63, 3.8) is 0 Å². The lowest BCUT2D eigenvalue weighted by Gasteiger charge is -2.19. The highest BCUT2D eigenvalue weighted by Crippen LogP contribution is 2.02. The number of hydrogen-bond acceptors (Lipinski definition) is 3. The fourth-order valence-corrected chi connectivity index (χ4v) is 1.19. The van der Waals surface area contributed by atoms with Crippen LogP contribution < -0.4 is 10.8 Å². The Kier molecular flexibility index (Phi) is 1.85. The van der Waals surface area contributed by atoms with Gasteiger partial charge >= 0.3 is 12.1 Å². The van der Waals surface area contributed by atoms with Crippen molar-refractivity contribution in [1.29, 1.82) is 0 Å². The molecule has 0 aromatic carbocycles. The summed E-state index contributed by atoms with van der Waals surface area (Å²) in [7, 11) is 0. The summed E-state index contributed by atoms with van der Waals surface area (Å²) in [6.45, 7) is 1.22. The first-order chi connectivity index (χ1) is 6.27. The molecule has 7 heteroatoms. The molecule has 0 bridgehead atoms. The summed E-state index contributed by atoms with van der Waals surface area (Å²) in [6, 6.07) is -0.821. The van der Waals surface area contributed by atoms with E-state index in [2.05, 4.69) is 15.8 Å². The molecular formula is C6H8N4O3. The quantitative estimate of drug-likeness (QED) is 0.510. The zero-order chi connectivity index (χ0) is 9.26. The second kappa shape index (κ2) is 3.02. The number of hydrogen-bond donors (Lipinski definition) is 2. The van der Waals surface area contributed by atoms with Crippen LogP contribution in [0.1, 0.15) is 0 Å². The Morgan fingerprint density at radius 2 is 2.31 bits per heavy atom. The lowest BCUT2D eigenvalue weighted by atomic mass is 10.5. The minimum Gasteiger partial charge on any atom is -0.336 e. The van der Waals surface area contributed by atoms with Gasteiger partial charge in [-0.1, -0.05) is 0 Å². The molecule has 0 aromatic heterocycles. The van der Waals surface area contributed by atoms with Gasteiger partial charge in [0, 0.05) is 13.1 Å². The maximum atomic E-state index is 11.1. The molecule has 0 aliphatic carbocycles. The molecular weight excluding hydrogens is 176 g/mol. The molecule has 70 valence electrons. The Labute approximate surface area is 73.7 Å². The molecule has 0 aromatic rings. The summed E-state index contributed by atoms with van der Waals surface area (Å²) in [4.78, 5) is 31.6. The molecule has 1 saturated heterocycles. The summed E-state index contributed by atoms with van der Waals surface area (Å²) in [5.74, 6) is 0.346. The van der Waals surface area contributed by atoms with E-state index in [4.69, 9.17) is 4.84 Å². The highest BCUT2D eigenvalue weighted by atomic mass is 16.7. The largest absolute Gasteiger partial charge is 0.366 e. The molecule has 0 spiro atoms. The average Bonchev–Trinajstić information content (AvgIpc) is 2.51. The van der Waals surface area contributed by atoms with Gasteiger partial charge in [0.1, 0.15) is 12.4 Å². The van der Waals surface area contributed by atoms with E-state index in [9.17, 15) is 9.59 Å². The smallest absolute Gasteiger partial charge is 0.336 e. The standard InChI is InChI=1S/C6H8N4O3/c11-5-8-4(3-13-9-5)10-2-1-7-6(10)12/h1-3H2,(H,7,12)(H,9,11). The van der Waals surface area contributed by atoms with Gasteiger partial charge in [-0.25, -0.2) is 15.1 Å². The van der Waals surface area contributed by atoms with Crippen LogP contribution in [-0.2, 0) is 4.84 Å². The molecule has 4 amide bonds. The van der Waals surface area contributed by atoms with Crippen molar-refractivity contribution >= 4 is 17.9 Å². The fourth-order valence-electron chi connectivity index (χ4n) is 1.19. The SMILES string of the molecule is O=C1N=C(N2CCNC2=O)CON1. The van der Waals surface area contributed by atoms with Crippen molar-refractivity contribution in [1.82, 2.24) is 15.7 Å². The van der Waals surface area contributed by atoms with E-state index in [0.717, 1.165) is 0 Å². The average molecular weight is 184 g/mol. The number of amidine groups is 1. The molecule has 2 rings (SSSR count). The zero-order valence-electron chi connectivity index (χ0n) is 6.74. The van der Waals surface area contributed by atoms with Crippen LogP contribution in [0.5, 0.6) is 0 Å². The Bertz CT molecular complexity index is 288. The monoisotopic (exact) mass is 184 g/mol. The van der Waals surface area contributed by atoms with Crippen molar-refractivity contribution in [2.24, 2.45) is 4.99 Å². The summed E-state index contributed by atoms with van der Waals surface area (Å²) in [5.41, 5.74) is 2.07. The number of carbonyl (C=O) groups excluding carboxylic acids is 2. The molecule has 2 N–H and O–H groups in total. The van der Waals surface area contributed by atoms with Crippen LogP contribution in [0.15, 0.2) is 4.99 Å². The van der Waals surface area contributed by atoms with E-state index in [-0.39, 0.29) is 12.6 Å². The zero-order valence-corrected chi connectivity index (χ0v) is 6.74. The van der Waals surface area contributed by atoms with E-state index >= 15 is 0 Å². The van der Waals surface area contributed by atoms with Gasteiger partial charge in [0.05, 0.1) is 0 Å². The second-order valence-corrected chi connectivity index (χ2v) is 2.61. The summed E-state index contributed by atoms with van der Waals surface area (Å²) in [6.07, 6.45) is 0. The third-order valence-corrected chi connectivity index (χ3v) is 1.76. The van der Waals surface area contributed by atoms with Crippen molar-refractivity contribution in [2.75, 3.05) is 19.7 Å². The lowest BCUT2D eigenvalue weighted by Crippen LogP contribution is -2.43. The van der Waals surface area contributed by atoms with Crippen LogP contribution in [0.4, 0.5) is 9.59 Å². The first-order valence-electron chi connectivity index (χ1n) is 3.82. The number of rotatable bonds is 0. The topological polar surface area (TPSA) is 83.0 Å². The number of hydroxylamine groups is 1. The molecule has 0 saturated carbocycles. The van der Waals surface area contributed by atoms with Crippen LogP contribution >= 0.6 is 0 Å². The number of nitrogens with zero attached hydrogens (tertiary/aromatic N) is 2. The van der Waals surface area contributed by atoms with Crippen LogP contribution in [0.3, 0.4) is 0 Å². The Morgan fingerprint density at radius 3 is 2.92 bits per heavy atom. The predicted octanol–water partition coefficient (Wildman–Crippen LogP) is -0.935. The third kappa shape index (κ3) is 1.45. The third-order valence-electron chi connectivity index (χ3n) is 1.76. The summed E-state index contributed by atoms with van der Waals surface area (Å²) >= 11 is 0. The Balaban J connectivity index is 2.15. The highest BCUT2D eigenvalue weighted by Gasteiger charge is 2.27. The molecule has 0 radical (unpaired) electrons. The van der Waals surface area contributed by atoms with E-state index in [1.54, 1.807) is 0 Å². The molecule has 2 aliphatic heterocycles. The van der Waals surface area contributed by atoms with Crippen LogP contribution in [0.25, 0.3) is 0 Å². The Hall–Kier alpha value is -1.63. The van der Waals surface area contributed by atoms with Gasteiger partial charge in [-0.05, 0) is 0 Å². The van der Waals surface area contributed by atoms with Crippen LogP contribution in [-0.4, -0.2) is 42.5 Å². The first-order valence-corrected chi connectivity index (χ1v) is 3.82. The van der Waals surface area contributed by atoms with Gasteiger partial charge in [-0.2, -0.15) is 4.99 Å². The molecule has 2 heterocycles. The molecule has 0 atom stereocenters. The summed E-state index contributed by atoms with van der Waals surface area (Å²) < 4.78 is 0. The molecule has 13 heavy (non-hydrogen) atoms. The minimum absolute atomic E-state index is 0.124. The van der Waals surface area contributed by atoms with Gasteiger partial charge in [-0.3, -0.25) is 9.74 Å². The van der Waals surface area contributed by atoms with Crippen molar-refractivity contribution in [3.8, 4) is 0 Å². The van der Waals surface area contributed by atoms with Gasteiger partial charge in [0.2, 0.25) is 0 Å². The number of carbonyl (C=O) groups is 2. The van der Waals surface area contributed by atoms with Crippen molar-refractivity contribution in [2.45, 2.75) is 0 Å². The molecule has 7 nitrogen and oxygen atoms in total. The Morgan fingerprint density at radius 1 is 1.46 bits per heavy atom. The normalized spacial score (nSPS) is 22.5. The highest BCUT2D eigenvalue weighted by molar-refractivity contribution is 6.04. The number of aliphatic imine (C=N–C) groups is 1. The maximum absolute atomic E-state index is 11.1. The van der Waals surface area contributed by atoms with E-state index in [1.807, 2.05) is 0 Å². The number of amides is 4. The van der Waals surface area contributed by atoms with E-state index < -0.39 is 6.03 Å². The van der Waals surface area contributed by atoms with Gasteiger partial charge in [0.15, 0.2) is 0 Å². The van der Waals surface area contributed by atoms with Crippen LogP contribution in [0.2, 0.25) is 0 Å². The second-order valence-electron chi connectivity index (χ2n) is 2.61. The first kappa shape index (κ1) is 7.99. The van der Waals surface area contributed by atoms with Gasteiger partial charge < -0.3 is 5.32 Å². The van der Waals surface area contributed by atoms with Crippen molar-refractivity contribution in [3.05, 3.63) is 0 Å². The van der Waals surface area contributed by atoms with Crippen molar-refractivity contribution < 1.29 is 14.4 Å². The van der Waals surface area contributed by atoms with Gasteiger partial charge in [0.25, 0.3) is 0 Å². The fraction of sp³-hybridized carbons (Fsp3) is 0.500. The molecule has 1 fully saturated rings. The lowest BCUT2D eigenvalue weighted by molar-refractivity contribution is 0.0813. The van der Waals surface area contributed by atoms with Gasteiger partial charge in [-0.15, -0.1) is 0 Å². The predicted molar refractivity (Wildman–Crippen MR) is 42.0 cm³/mol. The van der Waals surface area contributed by atoms with E-state index in [0.29, 0.717) is 18.9 Å². The van der Waals surface area contributed by atoms with Crippen LogP contribution in [0, 0.1) is 0 Å². The summed E-state index contributed by atoms with van der Waals surface area (Å²) in [5, 5.41) is 2.60. The molecule has 0 unspecified atom stereocenters. The number of nitrogens with one attached hydrogen (secondary N) is 2. The number of urea groups is 2. The maximum Gasteiger partial charge on any atom is 0.366 e.